The summed E-state index contributed by atoms with van der Waals surface area (Å²) in [5.41, 5.74) is 3.80. The van der Waals surface area contributed by atoms with Crippen molar-refractivity contribution in [3.05, 3.63) is 27.7 Å². The average molecular weight is 246 g/mol. The first-order chi connectivity index (χ1) is 7.95. The van der Waals surface area contributed by atoms with E-state index in [1.54, 1.807) is 6.92 Å². The summed E-state index contributed by atoms with van der Waals surface area (Å²) in [6, 6.07) is 0.717. The van der Waals surface area contributed by atoms with Crippen molar-refractivity contribution in [1.29, 1.82) is 0 Å². The largest absolute Gasteiger partial charge is 0.466 e. The molecule has 0 amide bonds. The third kappa shape index (κ3) is 3.27. The van der Waals surface area contributed by atoms with Crippen LogP contribution in [0.15, 0.2) is 10.9 Å². The van der Waals surface area contributed by atoms with E-state index in [2.05, 4.69) is 9.72 Å². The van der Waals surface area contributed by atoms with Gasteiger partial charge in [0.15, 0.2) is 0 Å². The lowest BCUT2D eigenvalue weighted by atomic mass is 10.1. The van der Waals surface area contributed by atoms with E-state index in [0.717, 1.165) is 0 Å². The van der Waals surface area contributed by atoms with Gasteiger partial charge in [0.05, 0.1) is 24.4 Å². The molecular weight excluding hydrogens is 234 g/mol. The number of alkyl halides is 2. The van der Waals surface area contributed by atoms with Gasteiger partial charge in [-0.25, -0.2) is 8.78 Å². The summed E-state index contributed by atoms with van der Waals surface area (Å²) in [6.07, 6.45) is -3.20. The predicted molar refractivity (Wildman–Crippen MR) is 56.8 cm³/mol. The van der Waals surface area contributed by atoms with Crippen LogP contribution in [0.5, 0.6) is 0 Å². The van der Waals surface area contributed by atoms with Gasteiger partial charge < -0.3 is 15.5 Å². The van der Waals surface area contributed by atoms with Crippen LogP contribution in [0.2, 0.25) is 0 Å². The molecule has 0 bridgehead atoms. The smallest absolute Gasteiger partial charge is 0.311 e. The van der Waals surface area contributed by atoms with E-state index >= 15 is 0 Å². The van der Waals surface area contributed by atoms with Crippen molar-refractivity contribution >= 4 is 11.7 Å². The van der Waals surface area contributed by atoms with Crippen LogP contribution in [0.3, 0.4) is 0 Å². The molecule has 0 atom stereocenters. The van der Waals surface area contributed by atoms with Gasteiger partial charge in [0.1, 0.15) is 0 Å². The number of aromatic amines is 1. The molecule has 17 heavy (non-hydrogen) atoms. The second kappa shape index (κ2) is 5.42. The number of pyridine rings is 1. The molecule has 94 valence electrons. The van der Waals surface area contributed by atoms with E-state index in [0.29, 0.717) is 6.07 Å². The first-order valence-electron chi connectivity index (χ1n) is 4.91. The van der Waals surface area contributed by atoms with Crippen LogP contribution in [0.1, 0.15) is 24.6 Å². The molecule has 1 rings (SSSR count). The summed E-state index contributed by atoms with van der Waals surface area (Å²) >= 11 is 0. The Morgan fingerprint density at radius 1 is 1.59 bits per heavy atom. The average Bonchev–Trinajstić information content (AvgIpc) is 2.22. The third-order valence-electron chi connectivity index (χ3n) is 2.06. The lowest BCUT2D eigenvalue weighted by molar-refractivity contribution is -0.142. The molecule has 0 unspecified atom stereocenters. The summed E-state index contributed by atoms with van der Waals surface area (Å²) in [5, 5.41) is 0. The summed E-state index contributed by atoms with van der Waals surface area (Å²) in [7, 11) is 0. The molecule has 7 heteroatoms. The Hall–Kier alpha value is -1.92. The highest BCUT2D eigenvalue weighted by atomic mass is 19.3. The number of rotatable bonds is 4. The second-order valence-electron chi connectivity index (χ2n) is 3.26. The Morgan fingerprint density at radius 2 is 2.24 bits per heavy atom. The zero-order chi connectivity index (χ0) is 13.0. The molecule has 0 fully saturated rings. The number of hydrogen-bond acceptors (Lipinski definition) is 4. The lowest BCUT2D eigenvalue weighted by Gasteiger charge is -2.09. The van der Waals surface area contributed by atoms with Crippen LogP contribution in [0, 0.1) is 0 Å². The first-order valence-corrected chi connectivity index (χ1v) is 4.91. The van der Waals surface area contributed by atoms with Gasteiger partial charge in [-0.2, -0.15) is 0 Å². The quantitative estimate of drug-likeness (QED) is 0.776. The SMILES string of the molecule is CCOC(=O)Cc1[nH]c(=O)cc(C(F)F)c1N. The van der Waals surface area contributed by atoms with Crippen LogP contribution < -0.4 is 11.3 Å². The topological polar surface area (TPSA) is 85.2 Å². The highest BCUT2D eigenvalue weighted by Gasteiger charge is 2.17. The highest BCUT2D eigenvalue weighted by Crippen LogP contribution is 2.25. The van der Waals surface area contributed by atoms with Crippen LogP contribution in [-0.4, -0.2) is 17.6 Å². The van der Waals surface area contributed by atoms with Gasteiger partial charge >= 0.3 is 5.97 Å². The standard InChI is InChI=1S/C10H12F2N2O3/c1-2-17-8(16)4-6-9(13)5(10(11)12)3-7(15)14-6/h3,10H,2,4,13H2,1H3,(H,14,15). The van der Waals surface area contributed by atoms with Crippen LogP contribution in [0.25, 0.3) is 0 Å². The maximum Gasteiger partial charge on any atom is 0.311 e. The van der Waals surface area contributed by atoms with Crippen molar-refractivity contribution in [3.63, 3.8) is 0 Å². The molecule has 0 aliphatic carbocycles. The first kappa shape index (κ1) is 13.1. The van der Waals surface area contributed by atoms with E-state index in [1.807, 2.05) is 0 Å². The van der Waals surface area contributed by atoms with Gasteiger partial charge in [-0.15, -0.1) is 0 Å². The normalized spacial score (nSPS) is 10.6. The summed E-state index contributed by atoms with van der Waals surface area (Å²) in [5.74, 6) is -0.638. The molecule has 1 aromatic heterocycles. The zero-order valence-electron chi connectivity index (χ0n) is 9.13. The van der Waals surface area contributed by atoms with Crippen molar-refractivity contribution < 1.29 is 18.3 Å². The van der Waals surface area contributed by atoms with Crippen molar-refractivity contribution in [2.75, 3.05) is 12.3 Å². The van der Waals surface area contributed by atoms with E-state index in [1.165, 1.54) is 0 Å². The minimum absolute atomic E-state index is 0.0498. The van der Waals surface area contributed by atoms with Gasteiger partial charge in [0, 0.05) is 11.6 Å². The molecule has 0 aliphatic rings. The predicted octanol–water partition coefficient (Wildman–Crippen LogP) is 1.00. The Labute approximate surface area is 95.6 Å². The molecule has 0 aliphatic heterocycles. The molecule has 3 N–H and O–H groups in total. The molecule has 0 spiro atoms. The summed E-state index contributed by atoms with van der Waals surface area (Å²) in [6.45, 7) is 1.77. The summed E-state index contributed by atoms with van der Waals surface area (Å²) in [4.78, 5) is 24.5. The van der Waals surface area contributed by atoms with E-state index in [9.17, 15) is 18.4 Å². The number of hydrogen-bond donors (Lipinski definition) is 2. The monoisotopic (exact) mass is 246 g/mol. The molecule has 0 aromatic carbocycles. The van der Waals surface area contributed by atoms with Gasteiger partial charge in [0.25, 0.3) is 6.43 Å². The Balaban J connectivity index is 3.08. The van der Waals surface area contributed by atoms with Crippen molar-refractivity contribution in [2.24, 2.45) is 0 Å². The molecule has 0 saturated carbocycles. The fourth-order valence-corrected chi connectivity index (χ4v) is 1.32. The lowest BCUT2D eigenvalue weighted by Crippen LogP contribution is -2.18. The number of aromatic nitrogens is 1. The fraction of sp³-hybridized carbons (Fsp3) is 0.400. The maximum absolute atomic E-state index is 12.5. The number of nitrogen functional groups attached to an aromatic ring is 1. The van der Waals surface area contributed by atoms with Gasteiger partial charge in [0.2, 0.25) is 5.56 Å². The molecule has 0 radical (unpaired) electrons. The summed E-state index contributed by atoms with van der Waals surface area (Å²) < 4.78 is 29.7. The van der Waals surface area contributed by atoms with Gasteiger partial charge in [-0.3, -0.25) is 9.59 Å². The molecule has 0 saturated heterocycles. The Morgan fingerprint density at radius 3 is 2.76 bits per heavy atom. The van der Waals surface area contributed by atoms with Crippen molar-refractivity contribution in [2.45, 2.75) is 19.8 Å². The van der Waals surface area contributed by atoms with Crippen LogP contribution >= 0.6 is 0 Å². The fourth-order valence-electron chi connectivity index (χ4n) is 1.32. The number of H-pyrrole nitrogens is 1. The Bertz CT molecular complexity index is 471. The van der Waals surface area contributed by atoms with E-state index in [4.69, 9.17) is 5.73 Å². The molecule has 1 aromatic rings. The second-order valence-corrected chi connectivity index (χ2v) is 3.26. The minimum Gasteiger partial charge on any atom is -0.466 e. The third-order valence-corrected chi connectivity index (χ3v) is 2.06. The number of carbonyl (C=O) groups excluding carboxylic acids is 1. The molecular formula is C10H12F2N2O3. The number of halogens is 2. The van der Waals surface area contributed by atoms with Crippen molar-refractivity contribution in [1.82, 2.24) is 4.98 Å². The molecule has 5 nitrogen and oxygen atoms in total. The number of nitrogens with two attached hydrogens (primary N) is 1. The van der Waals surface area contributed by atoms with Gasteiger partial charge in [-0.05, 0) is 6.92 Å². The number of anilines is 1. The number of ether oxygens (including phenoxy) is 1. The van der Waals surface area contributed by atoms with Crippen molar-refractivity contribution in [3.8, 4) is 0 Å². The number of carbonyl (C=O) groups is 1. The Kier molecular flexibility index (Phi) is 4.19. The van der Waals surface area contributed by atoms with E-state index in [-0.39, 0.29) is 24.4 Å². The molecule has 1 heterocycles. The van der Waals surface area contributed by atoms with Crippen LogP contribution in [0.4, 0.5) is 14.5 Å². The number of nitrogens with one attached hydrogen (secondary N) is 1. The van der Waals surface area contributed by atoms with Crippen LogP contribution in [-0.2, 0) is 16.0 Å². The van der Waals surface area contributed by atoms with Gasteiger partial charge in [-0.1, -0.05) is 0 Å². The highest BCUT2D eigenvalue weighted by molar-refractivity contribution is 5.74. The minimum atomic E-state index is -2.86. The van der Waals surface area contributed by atoms with E-state index < -0.39 is 23.5 Å². The number of esters is 1. The zero-order valence-corrected chi connectivity index (χ0v) is 9.13. The maximum atomic E-state index is 12.5.